The summed E-state index contributed by atoms with van der Waals surface area (Å²) in [5.41, 5.74) is 3.74. The predicted octanol–water partition coefficient (Wildman–Crippen LogP) is 6.19. The number of hydrogen-bond donors (Lipinski definition) is 1. The Labute approximate surface area is 256 Å². The Morgan fingerprint density at radius 3 is 2.05 bits per heavy atom. The van der Waals surface area contributed by atoms with Crippen molar-refractivity contribution in [3.05, 3.63) is 126 Å². The number of piperazine rings is 1. The molecule has 7 rings (SSSR count). The van der Waals surface area contributed by atoms with Crippen LogP contribution in [0.2, 0.25) is 0 Å². The van der Waals surface area contributed by atoms with Crippen molar-refractivity contribution in [2.75, 3.05) is 11.4 Å². The molecule has 0 unspecified atom stereocenters. The third-order valence-corrected chi connectivity index (χ3v) is 9.07. The lowest BCUT2D eigenvalue weighted by Gasteiger charge is -2.54. The molecule has 0 aromatic heterocycles. The Balaban J connectivity index is 1.28. The summed E-state index contributed by atoms with van der Waals surface area (Å²) in [6.07, 6.45) is 1.97. The van der Waals surface area contributed by atoms with Crippen molar-refractivity contribution < 1.29 is 24.2 Å². The molecule has 3 aliphatic heterocycles. The molecule has 2 saturated heterocycles. The molecule has 4 aromatic carbocycles. The van der Waals surface area contributed by atoms with Crippen LogP contribution in [0.3, 0.4) is 0 Å². The van der Waals surface area contributed by atoms with Crippen LogP contribution in [0.25, 0.3) is 0 Å². The van der Waals surface area contributed by atoms with E-state index in [1.165, 1.54) is 4.90 Å². The zero-order chi connectivity index (χ0) is 30.2. The van der Waals surface area contributed by atoms with E-state index in [0.717, 1.165) is 23.1 Å². The fourth-order valence-electron chi connectivity index (χ4n) is 7.14. The van der Waals surface area contributed by atoms with E-state index < -0.39 is 30.0 Å². The van der Waals surface area contributed by atoms with E-state index in [4.69, 9.17) is 4.74 Å². The van der Waals surface area contributed by atoms with E-state index >= 15 is 0 Å². The van der Waals surface area contributed by atoms with Crippen LogP contribution in [0.15, 0.2) is 109 Å². The molecule has 4 aromatic rings. The van der Waals surface area contributed by atoms with Crippen molar-refractivity contribution in [3.63, 3.8) is 0 Å². The highest BCUT2D eigenvalue weighted by molar-refractivity contribution is 6.03. The summed E-state index contributed by atoms with van der Waals surface area (Å²) in [5.74, 6) is -1.29. The van der Waals surface area contributed by atoms with Gasteiger partial charge in [-0.2, -0.15) is 0 Å². The Morgan fingerprint density at radius 2 is 1.36 bits per heavy atom. The smallest absolute Gasteiger partial charge is 0.330 e. The number of urea groups is 1. The fourth-order valence-corrected chi connectivity index (χ4v) is 7.14. The highest BCUT2D eigenvalue weighted by Gasteiger charge is 2.53. The standard InChI is InChI=1S/C36H33N3O5/c40-34(32(24-12-3-1-4-13-24)25-14-5-2-6-15-25)38-27-17-11-20-30(38)33(35(41)42)37(22-27)36(43)39-28-18-8-7-16-26(28)23-44-31-21-10-9-19-29(31)39/h1-10,12-16,18-19,21,27,30,32-33H,11,17,20,22-23H2,(H,41,42)/t27-,30+,33-/m0/s1. The molecule has 8 nitrogen and oxygen atoms in total. The van der Waals surface area contributed by atoms with E-state index in [0.29, 0.717) is 30.0 Å². The lowest BCUT2D eigenvalue weighted by atomic mass is 9.82. The highest BCUT2D eigenvalue weighted by atomic mass is 16.5. The number of likely N-dealkylation sites (tertiary alicyclic amines) is 1. The number of anilines is 2. The number of ether oxygens (including phenoxy) is 1. The molecule has 2 fully saturated rings. The summed E-state index contributed by atoms with van der Waals surface area (Å²) in [5, 5.41) is 10.7. The second-order valence-corrected chi connectivity index (χ2v) is 11.6. The second kappa shape index (κ2) is 11.5. The van der Waals surface area contributed by atoms with Crippen LogP contribution >= 0.6 is 0 Å². The van der Waals surface area contributed by atoms with E-state index in [2.05, 4.69) is 0 Å². The maximum absolute atomic E-state index is 14.7. The van der Waals surface area contributed by atoms with Crippen LogP contribution in [0.4, 0.5) is 16.2 Å². The number of para-hydroxylation sites is 3. The first-order valence-electron chi connectivity index (χ1n) is 15.1. The Hall–Kier alpha value is -5.11. The summed E-state index contributed by atoms with van der Waals surface area (Å²) >= 11 is 0. The maximum Gasteiger partial charge on any atom is 0.330 e. The lowest BCUT2D eigenvalue weighted by Crippen LogP contribution is -2.71. The monoisotopic (exact) mass is 587 g/mol. The Morgan fingerprint density at radius 1 is 0.750 bits per heavy atom. The fraction of sp³-hybridized carbons (Fsp3) is 0.250. The van der Waals surface area contributed by atoms with Gasteiger partial charge in [-0.15, -0.1) is 0 Å². The Kier molecular flexibility index (Phi) is 7.26. The zero-order valence-corrected chi connectivity index (χ0v) is 24.2. The number of nitrogens with zero attached hydrogens (tertiary/aromatic N) is 3. The number of aliphatic carboxylic acids is 1. The summed E-state index contributed by atoms with van der Waals surface area (Å²) < 4.78 is 6.07. The summed E-state index contributed by atoms with van der Waals surface area (Å²) in [7, 11) is 0. The minimum absolute atomic E-state index is 0.121. The third-order valence-electron chi connectivity index (χ3n) is 9.07. The minimum Gasteiger partial charge on any atom is -0.487 e. The number of hydrogen-bond acceptors (Lipinski definition) is 4. The van der Waals surface area contributed by atoms with Crippen molar-refractivity contribution in [1.82, 2.24) is 9.80 Å². The predicted molar refractivity (Wildman–Crippen MR) is 166 cm³/mol. The topological polar surface area (TPSA) is 90.4 Å². The largest absolute Gasteiger partial charge is 0.487 e. The first kappa shape index (κ1) is 27.7. The van der Waals surface area contributed by atoms with Gasteiger partial charge in [0.05, 0.1) is 23.3 Å². The molecule has 0 aliphatic carbocycles. The molecule has 222 valence electrons. The van der Waals surface area contributed by atoms with Gasteiger partial charge in [-0.1, -0.05) is 91.0 Å². The molecule has 0 spiro atoms. The normalized spacial score (nSPS) is 20.7. The molecule has 0 saturated carbocycles. The van der Waals surface area contributed by atoms with Crippen molar-refractivity contribution in [2.45, 2.75) is 49.9 Å². The van der Waals surface area contributed by atoms with Crippen LogP contribution in [0.1, 0.15) is 41.9 Å². The van der Waals surface area contributed by atoms with Crippen molar-refractivity contribution in [2.24, 2.45) is 0 Å². The molecule has 0 radical (unpaired) electrons. The number of carbonyl (C=O) groups is 3. The molecule has 3 atom stereocenters. The van der Waals surface area contributed by atoms with E-state index in [9.17, 15) is 19.5 Å². The van der Waals surface area contributed by atoms with Gasteiger partial charge in [-0.05, 0) is 48.6 Å². The van der Waals surface area contributed by atoms with Gasteiger partial charge in [0.25, 0.3) is 0 Å². The van der Waals surface area contributed by atoms with Gasteiger partial charge >= 0.3 is 12.0 Å². The average Bonchev–Trinajstić information content (AvgIpc) is 3.22. The highest BCUT2D eigenvalue weighted by Crippen LogP contribution is 2.43. The average molecular weight is 588 g/mol. The molecule has 3 heterocycles. The van der Waals surface area contributed by atoms with Gasteiger partial charge in [0, 0.05) is 18.2 Å². The molecule has 1 N–H and O–H groups in total. The summed E-state index contributed by atoms with van der Waals surface area (Å²) in [6, 6.07) is 31.5. The number of carbonyl (C=O) groups excluding carboxylic acids is 2. The molecule has 44 heavy (non-hydrogen) atoms. The number of fused-ring (bicyclic) bond motifs is 4. The van der Waals surface area contributed by atoms with Crippen LogP contribution < -0.4 is 9.64 Å². The molecule has 8 heteroatoms. The quantitative estimate of drug-likeness (QED) is 0.308. The van der Waals surface area contributed by atoms with E-state index in [1.54, 1.807) is 9.80 Å². The first-order chi connectivity index (χ1) is 21.5. The SMILES string of the molecule is O=C(O)[C@@H]1[C@H]2CCC[C@@H](CN1C(=O)N1c3ccccc3COc3ccccc31)N2C(=O)C(c1ccccc1)c1ccccc1. The van der Waals surface area contributed by atoms with Gasteiger partial charge in [-0.25, -0.2) is 9.59 Å². The third kappa shape index (κ3) is 4.76. The van der Waals surface area contributed by atoms with Crippen LogP contribution in [0.5, 0.6) is 5.75 Å². The molecular formula is C36H33N3O5. The van der Waals surface area contributed by atoms with Crippen LogP contribution in [0, 0.1) is 0 Å². The number of amides is 3. The van der Waals surface area contributed by atoms with Crippen molar-refractivity contribution in [3.8, 4) is 5.75 Å². The maximum atomic E-state index is 14.7. The van der Waals surface area contributed by atoms with Gasteiger partial charge < -0.3 is 19.6 Å². The van der Waals surface area contributed by atoms with Gasteiger partial charge in [-0.3, -0.25) is 9.69 Å². The molecular weight excluding hydrogens is 554 g/mol. The number of piperidine rings is 1. The lowest BCUT2D eigenvalue weighted by molar-refractivity contribution is -0.158. The number of carboxylic acid groups (broad SMARTS) is 1. The van der Waals surface area contributed by atoms with E-state index in [-0.39, 0.29) is 25.1 Å². The van der Waals surface area contributed by atoms with Gasteiger partial charge in [0.1, 0.15) is 12.4 Å². The molecule has 3 amide bonds. The Bertz CT molecular complexity index is 1610. The number of benzene rings is 4. The number of carboxylic acids is 1. The van der Waals surface area contributed by atoms with E-state index in [1.807, 2.05) is 109 Å². The second-order valence-electron chi connectivity index (χ2n) is 11.6. The van der Waals surface area contributed by atoms with Crippen molar-refractivity contribution in [1.29, 1.82) is 0 Å². The molecule has 2 bridgehead atoms. The van der Waals surface area contributed by atoms with Gasteiger partial charge in [0.2, 0.25) is 5.91 Å². The number of rotatable bonds is 4. The van der Waals surface area contributed by atoms with Crippen molar-refractivity contribution >= 4 is 29.3 Å². The minimum atomic E-state index is -1.21. The van der Waals surface area contributed by atoms with Gasteiger partial charge in [0.15, 0.2) is 6.04 Å². The summed E-state index contributed by atoms with van der Waals surface area (Å²) in [4.78, 5) is 47.3. The van der Waals surface area contributed by atoms with Crippen LogP contribution in [-0.2, 0) is 16.2 Å². The molecule has 3 aliphatic rings. The first-order valence-corrected chi connectivity index (χ1v) is 15.1. The summed E-state index contributed by atoms with van der Waals surface area (Å²) in [6.45, 7) is 0.406. The zero-order valence-electron chi connectivity index (χ0n) is 24.2. The van der Waals surface area contributed by atoms with Crippen LogP contribution in [-0.4, -0.2) is 57.5 Å².